The van der Waals surface area contributed by atoms with Crippen LogP contribution in [0.2, 0.25) is 0 Å². The van der Waals surface area contributed by atoms with Gasteiger partial charge in [-0.05, 0) is 36.8 Å². The van der Waals surface area contributed by atoms with E-state index in [1.807, 2.05) is 36.4 Å². The number of hydrogen-bond acceptors (Lipinski definition) is 3. The number of aromatic nitrogens is 1. The number of fused-ring (bicyclic) bond motifs is 1. The van der Waals surface area contributed by atoms with E-state index in [1.54, 1.807) is 31.3 Å². The van der Waals surface area contributed by atoms with Crippen molar-refractivity contribution in [1.29, 1.82) is 0 Å². The smallest absolute Gasteiger partial charge is 0.335 e. The molecule has 0 saturated carbocycles. The lowest BCUT2D eigenvalue weighted by Crippen LogP contribution is -1.97. The summed E-state index contributed by atoms with van der Waals surface area (Å²) in [6.45, 7) is 1.78. The second kappa shape index (κ2) is 7.70. The number of benzene rings is 2. The first-order valence-electron chi connectivity index (χ1n) is 6.95. The van der Waals surface area contributed by atoms with Crippen molar-refractivity contribution in [2.24, 2.45) is 0 Å². The topological polar surface area (TPSA) is 79.3 Å². The van der Waals surface area contributed by atoms with Gasteiger partial charge in [0.25, 0.3) is 0 Å². The standard InChI is InChI=1S/C10H8N2O.C8H8O2/c13-7-12-9-4-3-8-2-1-5-11-10(8)6-9;1-6-4-2-3-5-7(6)8(9)10/h1-7H,(H,12,13);2-5H,1H3,(H,9,10). The summed E-state index contributed by atoms with van der Waals surface area (Å²) in [6, 6.07) is 16.4. The molecule has 0 fully saturated rings. The van der Waals surface area contributed by atoms with E-state index in [2.05, 4.69) is 10.3 Å². The van der Waals surface area contributed by atoms with Gasteiger partial charge in [-0.1, -0.05) is 30.3 Å². The summed E-state index contributed by atoms with van der Waals surface area (Å²) in [5, 5.41) is 12.2. The SMILES string of the molecule is Cc1ccccc1C(=O)O.O=CNc1ccc2cccnc2c1. The molecule has 5 heteroatoms. The van der Waals surface area contributed by atoms with E-state index in [-0.39, 0.29) is 0 Å². The fourth-order valence-corrected chi connectivity index (χ4v) is 2.04. The second-order valence-corrected chi connectivity index (χ2v) is 4.79. The van der Waals surface area contributed by atoms with Crippen molar-refractivity contribution in [2.75, 3.05) is 5.32 Å². The molecule has 0 aliphatic heterocycles. The maximum absolute atomic E-state index is 10.4. The molecule has 0 bridgehead atoms. The lowest BCUT2D eigenvalue weighted by Gasteiger charge is -1.99. The summed E-state index contributed by atoms with van der Waals surface area (Å²) in [7, 11) is 0. The van der Waals surface area contributed by atoms with Crippen molar-refractivity contribution >= 4 is 29.0 Å². The molecule has 3 aromatic rings. The molecule has 116 valence electrons. The van der Waals surface area contributed by atoms with Gasteiger partial charge < -0.3 is 10.4 Å². The lowest BCUT2D eigenvalue weighted by atomic mass is 10.1. The average molecular weight is 308 g/mol. The Morgan fingerprint density at radius 3 is 2.57 bits per heavy atom. The van der Waals surface area contributed by atoms with Crippen LogP contribution >= 0.6 is 0 Å². The molecule has 1 amide bonds. The number of aromatic carboxylic acids is 1. The number of hydrogen-bond donors (Lipinski definition) is 2. The van der Waals surface area contributed by atoms with Gasteiger partial charge in [-0.25, -0.2) is 4.79 Å². The Balaban J connectivity index is 0.000000174. The minimum absolute atomic E-state index is 0.377. The van der Waals surface area contributed by atoms with Crippen LogP contribution in [0.3, 0.4) is 0 Å². The van der Waals surface area contributed by atoms with E-state index in [4.69, 9.17) is 5.11 Å². The van der Waals surface area contributed by atoms with Gasteiger partial charge in [0, 0.05) is 17.3 Å². The quantitative estimate of drug-likeness (QED) is 0.726. The first-order valence-corrected chi connectivity index (χ1v) is 6.95. The summed E-state index contributed by atoms with van der Waals surface area (Å²) in [5.41, 5.74) is 2.83. The lowest BCUT2D eigenvalue weighted by molar-refractivity contribution is -0.105. The Kier molecular flexibility index (Phi) is 5.41. The van der Waals surface area contributed by atoms with Crippen LogP contribution in [0, 0.1) is 6.92 Å². The first-order chi connectivity index (χ1) is 11.1. The van der Waals surface area contributed by atoms with Gasteiger partial charge in [-0.15, -0.1) is 0 Å². The summed E-state index contributed by atoms with van der Waals surface area (Å²) in [5.74, 6) is -0.863. The second-order valence-electron chi connectivity index (χ2n) is 4.79. The Morgan fingerprint density at radius 2 is 1.91 bits per heavy atom. The monoisotopic (exact) mass is 308 g/mol. The van der Waals surface area contributed by atoms with Crippen LogP contribution in [0.15, 0.2) is 60.8 Å². The number of pyridine rings is 1. The molecule has 1 heterocycles. The number of carbonyl (C=O) groups excluding carboxylic acids is 1. The Morgan fingerprint density at radius 1 is 1.13 bits per heavy atom. The number of carboxylic acid groups (broad SMARTS) is 1. The molecule has 3 rings (SSSR count). The minimum Gasteiger partial charge on any atom is -0.478 e. The normalized spacial score (nSPS) is 9.61. The number of carboxylic acids is 1. The molecule has 0 unspecified atom stereocenters. The third-order valence-corrected chi connectivity index (χ3v) is 3.21. The van der Waals surface area contributed by atoms with E-state index in [9.17, 15) is 9.59 Å². The van der Waals surface area contributed by atoms with E-state index >= 15 is 0 Å². The molecular formula is C18H16N2O3. The number of aryl methyl sites for hydroxylation is 1. The number of amides is 1. The van der Waals surface area contributed by atoms with Gasteiger partial charge in [0.2, 0.25) is 6.41 Å². The molecule has 1 aromatic heterocycles. The van der Waals surface area contributed by atoms with Gasteiger partial charge in [0.15, 0.2) is 0 Å². The summed E-state index contributed by atoms with van der Waals surface area (Å²) < 4.78 is 0. The highest BCUT2D eigenvalue weighted by atomic mass is 16.4. The third kappa shape index (κ3) is 4.38. The third-order valence-electron chi connectivity index (χ3n) is 3.21. The van der Waals surface area contributed by atoms with Crippen molar-refractivity contribution < 1.29 is 14.7 Å². The number of rotatable bonds is 3. The van der Waals surface area contributed by atoms with Crippen LogP contribution in [0.1, 0.15) is 15.9 Å². The fourth-order valence-electron chi connectivity index (χ4n) is 2.04. The molecule has 0 saturated heterocycles. The van der Waals surface area contributed by atoms with Gasteiger partial charge >= 0.3 is 5.97 Å². The molecule has 0 aliphatic carbocycles. The Bertz CT molecular complexity index is 831. The van der Waals surface area contributed by atoms with Gasteiger partial charge in [0.05, 0.1) is 11.1 Å². The van der Waals surface area contributed by atoms with Gasteiger partial charge in [0.1, 0.15) is 0 Å². The molecular weight excluding hydrogens is 292 g/mol. The van der Waals surface area contributed by atoms with Crippen molar-refractivity contribution in [1.82, 2.24) is 4.98 Å². The zero-order valence-electron chi connectivity index (χ0n) is 12.6. The highest BCUT2D eigenvalue weighted by Gasteiger charge is 2.02. The summed E-state index contributed by atoms with van der Waals surface area (Å²) in [6.07, 6.45) is 2.39. The van der Waals surface area contributed by atoms with Crippen LogP contribution in [-0.2, 0) is 4.79 Å². The molecule has 2 N–H and O–H groups in total. The predicted molar refractivity (Wildman–Crippen MR) is 89.6 cm³/mol. The van der Waals surface area contributed by atoms with E-state index in [0.29, 0.717) is 12.0 Å². The zero-order valence-corrected chi connectivity index (χ0v) is 12.6. The minimum atomic E-state index is -0.863. The predicted octanol–water partition coefficient (Wildman–Crippen LogP) is 3.50. The molecule has 0 aliphatic rings. The molecule has 0 atom stereocenters. The van der Waals surface area contributed by atoms with Crippen LogP contribution in [0.5, 0.6) is 0 Å². The average Bonchev–Trinajstić information content (AvgIpc) is 2.56. The van der Waals surface area contributed by atoms with Crippen LogP contribution < -0.4 is 5.32 Å². The van der Waals surface area contributed by atoms with Crippen LogP contribution in [0.4, 0.5) is 5.69 Å². The zero-order chi connectivity index (χ0) is 16.7. The molecule has 2 aromatic carbocycles. The molecule has 5 nitrogen and oxygen atoms in total. The molecule has 0 radical (unpaired) electrons. The van der Waals surface area contributed by atoms with Crippen molar-refractivity contribution in [3.63, 3.8) is 0 Å². The fraction of sp³-hybridized carbons (Fsp3) is 0.0556. The number of nitrogens with zero attached hydrogens (tertiary/aromatic N) is 1. The highest BCUT2D eigenvalue weighted by molar-refractivity contribution is 5.89. The molecule has 23 heavy (non-hydrogen) atoms. The van der Waals surface area contributed by atoms with E-state index < -0.39 is 5.97 Å². The molecule has 0 spiro atoms. The largest absolute Gasteiger partial charge is 0.478 e. The summed E-state index contributed by atoms with van der Waals surface area (Å²) in [4.78, 5) is 24.8. The van der Waals surface area contributed by atoms with E-state index in [1.165, 1.54) is 0 Å². The summed E-state index contributed by atoms with van der Waals surface area (Å²) >= 11 is 0. The van der Waals surface area contributed by atoms with Crippen molar-refractivity contribution in [2.45, 2.75) is 6.92 Å². The van der Waals surface area contributed by atoms with Crippen molar-refractivity contribution in [3.8, 4) is 0 Å². The van der Waals surface area contributed by atoms with E-state index in [0.717, 1.165) is 22.2 Å². The van der Waals surface area contributed by atoms with Gasteiger partial charge in [-0.2, -0.15) is 0 Å². The highest BCUT2D eigenvalue weighted by Crippen LogP contribution is 2.15. The first kappa shape index (κ1) is 16.2. The Hall–Kier alpha value is -3.21. The maximum atomic E-state index is 10.4. The van der Waals surface area contributed by atoms with Crippen molar-refractivity contribution in [3.05, 3.63) is 71.9 Å². The Labute approximate surface area is 133 Å². The van der Waals surface area contributed by atoms with Crippen LogP contribution in [0.25, 0.3) is 10.9 Å². The number of anilines is 1. The number of carbonyl (C=O) groups is 2. The number of nitrogens with one attached hydrogen (secondary N) is 1. The van der Waals surface area contributed by atoms with Crippen LogP contribution in [-0.4, -0.2) is 22.5 Å². The maximum Gasteiger partial charge on any atom is 0.335 e. The van der Waals surface area contributed by atoms with Gasteiger partial charge in [-0.3, -0.25) is 9.78 Å².